The first kappa shape index (κ1) is 8.96. The van der Waals surface area contributed by atoms with Crippen molar-refractivity contribution in [2.45, 2.75) is 5.60 Å². The van der Waals surface area contributed by atoms with Crippen LogP contribution < -0.4 is 4.90 Å². The molecule has 0 saturated carbocycles. The van der Waals surface area contributed by atoms with Gasteiger partial charge in [-0.05, 0) is 12.1 Å². The Bertz CT molecular complexity index is 346. The Morgan fingerprint density at radius 3 is 2.71 bits per heavy atom. The lowest BCUT2D eigenvalue weighted by Crippen LogP contribution is -2.66. The van der Waals surface area contributed by atoms with Gasteiger partial charge in [0.1, 0.15) is 5.82 Å². The third-order valence-corrected chi connectivity index (χ3v) is 2.28. The smallest absolute Gasteiger partial charge is 0.339 e. The summed E-state index contributed by atoms with van der Waals surface area (Å²) in [6, 6.07) is 5.38. The number of anilines is 1. The summed E-state index contributed by atoms with van der Waals surface area (Å²) in [4.78, 5) is 16.3. The molecule has 0 amide bonds. The number of aliphatic carboxylic acids is 1. The summed E-state index contributed by atoms with van der Waals surface area (Å²) in [5.41, 5.74) is -1.60. The second-order valence-electron chi connectivity index (χ2n) is 3.38. The summed E-state index contributed by atoms with van der Waals surface area (Å²) in [6.45, 7) is 0.193. The fourth-order valence-electron chi connectivity index (χ4n) is 1.42. The molecule has 1 aromatic heterocycles. The summed E-state index contributed by atoms with van der Waals surface area (Å²) < 4.78 is 0. The SMILES string of the molecule is O=C(O)C1(O)CN(c2ccccn2)C1. The molecule has 1 saturated heterocycles. The van der Waals surface area contributed by atoms with Crippen molar-refractivity contribution in [3.8, 4) is 0 Å². The second kappa shape index (κ2) is 2.95. The monoisotopic (exact) mass is 194 g/mol. The molecule has 1 aromatic rings. The molecule has 0 aromatic carbocycles. The zero-order valence-electron chi connectivity index (χ0n) is 7.42. The fourth-order valence-corrected chi connectivity index (χ4v) is 1.42. The molecular formula is C9H10N2O3. The van der Waals surface area contributed by atoms with Crippen molar-refractivity contribution in [3.63, 3.8) is 0 Å². The molecule has 74 valence electrons. The molecular weight excluding hydrogens is 184 g/mol. The Morgan fingerprint density at radius 1 is 1.50 bits per heavy atom. The van der Waals surface area contributed by atoms with Crippen LogP contribution in [0.1, 0.15) is 0 Å². The Balaban J connectivity index is 2.05. The number of nitrogens with zero attached hydrogens (tertiary/aromatic N) is 2. The molecule has 2 N–H and O–H groups in total. The zero-order valence-corrected chi connectivity index (χ0v) is 7.42. The van der Waals surface area contributed by atoms with E-state index in [1.54, 1.807) is 23.2 Å². The maximum Gasteiger partial charge on any atom is 0.339 e. The van der Waals surface area contributed by atoms with Crippen molar-refractivity contribution in [2.24, 2.45) is 0 Å². The Labute approximate surface area is 80.6 Å². The maximum absolute atomic E-state index is 10.6. The molecule has 1 aliphatic heterocycles. The molecule has 2 heterocycles. The highest BCUT2D eigenvalue weighted by atomic mass is 16.4. The molecule has 0 bridgehead atoms. The standard InChI is InChI=1S/C9H10N2O3/c12-8(13)9(14)5-11(6-9)7-3-1-2-4-10-7/h1-4,14H,5-6H2,(H,12,13). The average molecular weight is 194 g/mol. The van der Waals surface area contributed by atoms with E-state index in [0.29, 0.717) is 5.82 Å². The molecule has 5 nitrogen and oxygen atoms in total. The lowest BCUT2D eigenvalue weighted by molar-refractivity contribution is -0.161. The minimum atomic E-state index is -1.60. The van der Waals surface area contributed by atoms with Crippen molar-refractivity contribution in [1.29, 1.82) is 0 Å². The second-order valence-corrected chi connectivity index (χ2v) is 3.38. The quantitative estimate of drug-likeness (QED) is 0.677. The van der Waals surface area contributed by atoms with E-state index in [1.165, 1.54) is 0 Å². The van der Waals surface area contributed by atoms with Gasteiger partial charge in [0.05, 0.1) is 13.1 Å². The van der Waals surface area contributed by atoms with E-state index in [0.717, 1.165) is 0 Å². The first-order valence-electron chi connectivity index (χ1n) is 4.23. The van der Waals surface area contributed by atoms with E-state index in [-0.39, 0.29) is 13.1 Å². The van der Waals surface area contributed by atoms with Gasteiger partial charge in [0.25, 0.3) is 0 Å². The number of aromatic nitrogens is 1. The van der Waals surface area contributed by atoms with Crippen molar-refractivity contribution in [1.82, 2.24) is 4.98 Å². The van der Waals surface area contributed by atoms with Gasteiger partial charge in [0.2, 0.25) is 0 Å². The number of pyridine rings is 1. The van der Waals surface area contributed by atoms with Crippen LogP contribution in [0.3, 0.4) is 0 Å². The molecule has 5 heteroatoms. The number of β-amino-alcohol motifs (C(OH)–C–C–N with tert-alkyl or cyclic N) is 1. The van der Waals surface area contributed by atoms with Gasteiger partial charge in [0, 0.05) is 6.20 Å². The van der Waals surface area contributed by atoms with E-state index in [9.17, 15) is 9.90 Å². The largest absolute Gasteiger partial charge is 0.479 e. The Kier molecular flexibility index (Phi) is 1.89. The molecule has 0 spiro atoms. The molecule has 14 heavy (non-hydrogen) atoms. The van der Waals surface area contributed by atoms with Crippen molar-refractivity contribution >= 4 is 11.8 Å². The predicted octanol–water partition coefficient (Wildman–Crippen LogP) is -0.283. The summed E-state index contributed by atoms with van der Waals surface area (Å²) in [6.07, 6.45) is 1.63. The van der Waals surface area contributed by atoms with E-state index >= 15 is 0 Å². The number of carboxylic acid groups (broad SMARTS) is 1. The van der Waals surface area contributed by atoms with Gasteiger partial charge in [-0.15, -0.1) is 0 Å². The Hall–Kier alpha value is -1.62. The summed E-state index contributed by atoms with van der Waals surface area (Å²) in [7, 11) is 0. The molecule has 0 unspecified atom stereocenters. The minimum absolute atomic E-state index is 0.0966. The third-order valence-electron chi connectivity index (χ3n) is 2.28. The van der Waals surface area contributed by atoms with Gasteiger partial charge in [-0.25, -0.2) is 9.78 Å². The van der Waals surface area contributed by atoms with Gasteiger partial charge >= 0.3 is 5.97 Å². The highest BCUT2D eigenvalue weighted by Gasteiger charge is 2.48. The third kappa shape index (κ3) is 1.31. The van der Waals surface area contributed by atoms with Gasteiger partial charge in [-0.1, -0.05) is 6.07 Å². The number of carbonyl (C=O) groups is 1. The fraction of sp³-hybridized carbons (Fsp3) is 0.333. The summed E-state index contributed by atoms with van der Waals surface area (Å²) in [5, 5.41) is 18.1. The highest BCUT2D eigenvalue weighted by Crippen LogP contribution is 2.25. The van der Waals surface area contributed by atoms with Crippen molar-refractivity contribution in [2.75, 3.05) is 18.0 Å². The maximum atomic E-state index is 10.6. The van der Waals surface area contributed by atoms with Gasteiger partial charge < -0.3 is 15.1 Å². The molecule has 1 fully saturated rings. The topological polar surface area (TPSA) is 73.7 Å². The first-order valence-corrected chi connectivity index (χ1v) is 4.23. The Morgan fingerprint density at radius 2 is 2.21 bits per heavy atom. The van der Waals surface area contributed by atoms with E-state index in [4.69, 9.17) is 5.11 Å². The van der Waals surface area contributed by atoms with E-state index in [1.807, 2.05) is 6.07 Å². The normalized spacial score (nSPS) is 18.8. The van der Waals surface area contributed by atoms with Crippen LogP contribution in [0.2, 0.25) is 0 Å². The summed E-state index contributed by atoms with van der Waals surface area (Å²) in [5.74, 6) is -0.483. The average Bonchev–Trinajstić information content (AvgIpc) is 2.14. The number of carboxylic acids is 1. The molecule has 0 aliphatic carbocycles. The molecule has 0 atom stereocenters. The summed E-state index contributed by atoms with van der Waals surface area (Å²) >= 11 is 0. The van der Waals surface area contributed by atoms with Crippen molar-refractivity contribution in [3.05, 3.63) is 24.4 Å². The van der Waals surface area contributed by atoms with Crippen LogP contribution in [-0.2, 0) is 4.79 Å². The number of aliphatic hydroxyl groups is 1. The van der Waals surface area contributed by atoms with Gasteiger partial charge in [-0.2, -0.15) is 0 Å². The molecule has 1 aliphatic rings. The minimum Gasteiger partial charge on any atom is -0.479 e. The van der Waals surface area contributed by atoms with Crippen LogP contribution >= 0.6 is 0 Å². The van der Waals surface area contributed by atoms with Gasteiger partial charge in [0.15, 0.2) is 5.60 Å². The van der Waals surface area contributed by atoms with E-state index < -0.39 is 11.6 Å². The van der Waals surface area contributed by atoms with Crippen LogP contribution in [0.15, 0.2) is 24.4 Å². The zero-order chi connectivity index (χ0) is 10.2. The number of hydrogen-bond acceptors (Lipinski definition) is 4. The lowest BCUT2D eigenvalue weighted by atomic mass is 9.94. The number of rotatable bonds is 2. The highest BCUT2D eigenvalue weighted by molar-refractivity contribution is 5.81. The lowest BCUT2D eigenvalue weighted by Gasteiger charge is -2.43. The van der Waals surface area contributed by atoms with Crippen molar-refractivity contribution < 1.29 is 15.0 Å². The molecule has 0 radical (unpaired) electrons. The van der Waals surface area contributed by atoms with Crippen LogP contribution in [0.4, 0.5) is 5.82 Å². The van der Waals surface area contributed by atoms with Gasteiger partial charge in [-0.3, -0.25) is 0 Å². The van der Waals surface area contributed by atoms with Crippen LogP contribution in [0.5, 0.6) is 0 Å². The van der Waals surface area contributed by atoms with Crippen LogP contribution in [0.25, 0.3) is 0 Å². The predicted molar refractivity (Wildman–Crippen MR) is 49.0 cm³/mol. The number of hydrogen-bond donors (Lipinski definition) is 2. The first-order chi connectivity index (χ1) is 6.62. The van der Waals surface area contributed by atoms with E-state index in [2.05, 4.69) is 4.98 Å². The van der Waals surface area contributed by atoms with Crippen LogP contribution in [-0.4, -0.2) is 39.9 Å². The van der Waals surface area contributed by atoms with Crippen LogP contribution in [0, 0.1) is 0 Å². The molecule has 2 rings (SSSR count).